The van der Waals surface area contributed by atoms with Crippen LogP contribution in [0.1, 0.15) is 17.9 Å². The minimum absolute atomic E-state index is 0. The van der Waals surface area contributed by atoms with Crippen molar-refractivity contribution in [1.82, 2.24) is 4.98 Å². The number of aldehydes is 1. The molecular weight excluding hydrogens is 162 g/mol. The van der Waals surface area contributed by atoms with Crippen LogP contribution in [0.15, 0.2) is 36.4 Å². The number of aromatic nitrogens is 1. The second kappa shape index (κ2) is 3.81. The topological polar surface area (TPSA) is 30.0 Å². The number of fused-ring (bicyclic) bond motifs is 1. The maximum absolute atomic E-state index is 10.4. The average molecular weight is 173 g/mol. The number of nitrogens with zero attached hydrogens (tertiary/aromatic N) is 1. The molecule has 0 atom stereocenters. The Balaban J connectivity index is 0.000000845. The first-order valence-electron chi connectivity index (χ1n) is 3.71. The molecule has 0 saturated carbocycles. The fourth-order valence-corrected chi connectivity index (χ4v) is 1.15. The third kappa shape index (κ3) is 1.72. The lowest BCUT2D eigenvalue weighted by Crippen LogP contribution is -1.85. The van der Waals surface area contributed by atoms with Gasteiger partial charge in [0.1, 0.15) is 5.69 Å². The number of benzene rings is 1. The highest BCUT2D eigenvalue weighted by molar-refractivity contribution is 5.83. The van der Waals surface area contributed by atoms with Gasteiger partial charge in [0.25, 0.3) is 0 Å². The molecule has 0 aliphatic heterocycles. The Labute approximate surface area is 77.2 Å². The van der Waals surface area contributed by atoms with Crippen molar-refractivity contribution in [2.75, 3.05) is 0 Å². The van der Waals surface area contributed by atoms with Gasteiger partial charge in [0.05, 0.1) is 5.52 Å². The molecule has 0 fully saturated rings. The van der Waals surface area contributed by atoms with Gasteiger partial charge < -0.3 is 0 Å². The summed E-state index contributed by atoms with van der Waals surface area (Å²) in [6, 6.07) is 11.3. The highest BCUT2D eigenvalue weighted by Crippen LogP contribution is 2.10. The highest BCUT2D eigenvalue weighted by atomic mass is 16.1. The molecule has 0 N–H and O–H groups in total. The number of hydrogen-bond acceptors (Lipinski definition) is 2. The minimum atomic E-state index is 0. The molecule has 2 aromatic rings. The zero-order chi connectivity index (χ0) is 8.39. The highest BCUT2D eigenvalue weighted by Gasteiger charge is 1.94. The van der Waals surface area contributed by atoms with Gasteiger partial charge >= 0.3 is 0 Å². The van der Waals surface area contributed by atoms with E-state index in [9.17, 15) is 4.79 Å². The quantitative estimate of drug-likeness (QED) is 0.620. The molecule has 2 heteroatoms. The van der Waals surface area contributed by atoms with Crippen molar-refractivity contribution in [3.8, 4) is 0 Å². The zero-order valence-electron chi connectivity index (χ0n) is 6.40. The van der Waals surface area contributed by atoms with Gasteiger partial charge in [-0.25, -0.2) is 4.98 Å². The minimum Gasteiger partial charge on any atom is -0.296 e. The van der Waals surface area contributed by atoms with E-state index in [4.69, 9.17) is 0 Å². The molecule has 2 rings (SSSR count). The van der Waals surface area contributed by atoms with E-state index >= 15 is 0 Å². The summed E-state index contributed by atoms with van der Waals surface area (Å²) in [6.45, 7) is 0. The van der Waals surface area contributed by atoms with Gasteiger partial charge in [-0.1, -0.05) is 31.7 Å². The summed E-state index contributed by atoms with van der Waals surface area (Å²) in [7, 11) is 0. The van der Waals surface area contributed by atoms with Crippen molar-refractivity contribution in [3.05, 3.63) is 42.1 Å². The van der Waals surface area contributed by atoms with Crippen molar-refractivity contribution in [2.24, 2.45) is 0 Å². The van der Waals surface area contributed by atoms with Crippen LogP contribution in [0.2, 0.25) is 0 Å². The second-order valence-electron chi connectivity index (χ2n) is 2.55. The summed E-state index contributed by atoms with van der Waals surface area (Å²) in [6.07, 6.45) is 0.756. The largest absolute Gasteiger partial charge is 0.296 e. The Morgan fingerprint density at radius 2 is 1.85 bits per heavy atom. The summed E-state index contributed by atoms with van der Waals surface area (Å²) >= 11 is 0. The third-order valence-electron chi connectivity index (χ3n) is 1.74. The summed E-state index contributed by atoms with van der Waals surface area (Å²) in [5.41, 5.74) is 1.34. The lowest BCUT2D eigenvalue weighted by molar-refractivity contribution is 0.111. The van der Waals surface area contributed by atoms with E-state index in [1.54, 1.807) is 6.07 Å². The number of para-hydroxylation sites is 1. The summed E-state index contributed by atoms with van der Waals surface area (Å²) in [5, 5.41) is 1.06. The van der Waals surface area contributed by atoms with E-state index < -0.39 is 0 Å². The lowest BCUT2D eigenvalue weighted by atomic mass is 10.2. The maximum atomic E-state index is 10.4. The summed E-state index contributed by atoms with van der Waals surface area (Å²) in [4.78, 5) is 14.5. The van der Waals surface area contributed by atoms with Crippen molar-refractivity contribution in [3.63, 3.8) is 0 Å². The van der Waals surface area contributed by atoms with Gasteiger partial charge in [-0.05, 0) is 12.1 Å². The van der Waals surface area contributed by atoms with Gasteiger partial charge in [0, 0.05) is 5.39 Å². The van der Waals surface area contributed by atoms with Gasteiger partial charge in [-0.3, -0.25) is 4.79 Å². The molecule has 13 heavy (non-hydrogen) atoms. The van der Waals surface area contributed by atoms with Crippen molar-refractivity contribution >= 4 is 17.2 Å². The molecule has 66 valence electrons. The van der Waals surface area contributed by atoms with E-state index in [1.165, 1.54) is 0 Å². The smallest absolute Gasteiger partial charge is 0.168 e. The first-order chi connectivity index (χ1) is 5.90. The third-order valence-corrected chi connectivity index (χ3v) is 1.74. The fraction of sp³-hybridized carbons (Fsp3) is 0.0909. The van der Waals surface area contributed by atoms with Gasteiger partial charge in [-0.15, -0.1) is 0 Å². The molecule has 1 aromatic carbocycles. The van der Waals surface area contributed by atoms with Crippen molar-refractivity contribution in [2.45, 2.75) is 7.43 Å². The lowest BCUT2D eigenvalue weighted by Gasteiger charge is -1.95. The van der Waals surface area contributed by atoms with Crippen molar-refractivity contribution < 1.29 is 4.79 Å². The van der Waals surface area contributed by atoms with Gasteiger partial charge in [0.2, 0.25) is 0 Å². The van der Waals surface area contributed by atoms with Crippen LogP contribution in [0, 0.1) is 0 Å². The van der Waals surface area contributed by atoms with E-state index in [0.29, 0.717) is 5.69 Å². The molecule has 0 saturated heterocycles. The zero-order valence-corrected chi connectivity index (χ0v) is 6.40. The molecule has 1 aromatic heterocycles. The van der Waals surface area contributed by atoms with Crippen LogP contribution in [0.25, 0.3) is 10.9 Å². The van der Waals surface area contributed by atoms with E-state index in [2.05, 4.69) is 4.98 Å². The molecular formula is C11H11NO. The second-order valence-corrected chi connectivity index (χ2v) is 2.55. The molecule has 0 radical (unpaired) electrons. The van der Waals surface area contributed by atoms with Crippen LogP contribution in [0.5, 0.6) is 0 Å². The number of carbonyl (C=O) groups is 1. The molecule has 0 unspecified atom stereocenters. The Bertz CT molecular complexity index is 423. The normalized spacial score (nSPS) is 9.23. The standard InChI is InChI=1S/C10H7NO.CH4/c12-7-9-6-5-8-3-1-2-4-10(8)11-9;/h1-7H;1H4. The molecule has 0 bridgehead atoms. The Hall–Kier alpha value is -1.70. The van der Waals surface area contributed by atoms with Crippen molar-refractivity contribution in [1.29, 1.82) is 0 Å². The Kier molecular flexibility index (Phi) is 2.75. The van der Waals surface area contributed by atoms with Gasteiger partial charge in [-0.2, -0.15) is 0 Å². The van der Waals surface area contributed by atoms with Crippen LogP contribution >= 0.6 is 0 Å². The van der Waals surface area contributed by atoms with Crippen LogP contribution in [-0.2, 0) is 0 Å². The first-order valence-corrected chi connectivity index (χ1v) is 3.71. The first kappa shape index (κ1) is 9.39. The molecule has 0 spiro atoms. The van der Waals surface area contributed by atoms with Crippen LogP contribution < -0.4 is 0 Å². The average Bonchev–Trinajstić information content (AvgIpc) is 2.17. The predicted octanol–water partition coefficient (Wildman–Crippen LogP) is 2.68. The number of pyridine rings is 1. The molecule has 1 heterocycles. The van der Waals surface area contributed by atoms with Crippen LogP contribution in [0.3, 0.4) is 0 Å². The van der Waals surface area contributed by atoms with Crippen LogP contribution in [-0.4, -0.2) is 11.3 Å². The summed E-state index contributed by atoms with van der Waals surface area (Å²) < 4.78 is 0. The Morgan fingerprint density at radius 3 is 2.62 bits per heavy atom. The number of carbonyl (C=O) groups excluding carboxylic acids is 1. The fourth-order valence-electron chi connectivity index (χ4n) is 1.15. The van der Waals surface area contributed by atoms with E-state index in [0.717, 1.165) is 17.2 Å². The monoisotopic (exact) mass is 173 g/mol. The SMILES string of the molecule is C.O=Cc1ccc2ccccc2n1. The summed E-state index contributed by atoms with van der Waals surface area (Å²) in [5.74, 6) is 0. The predicted molar refractivity (Wildman–Crippen MR) is 53.9 cm³/mol. The maximum Gasteiger partial charge on any atom is 0.168 e. The molecule has 0 aliphatic carbocycles. The molecule has 0 aliphatic rings. The van der Waals surface area contributed by atoms with Crippen LogP contribution in [0.4, 0.5) is 0 Å². The molecule has 0 amide bonds. The Morgan fingerprint density at radius 1 is 1.08 bits per heavy atom. The number of hydrogen-bond donors (Lipinski definition) is 0. The van der Waals surface area contributed by atoms with E-state index in [-0.39, 0.29) is 7.43 Å². The molecule has 2 nitrogen and oxygen atoms in total. The number of rotatable bonds is 1. The van der Waals surface area contributed by atoms with E-state index in [1.807, 2.05) is 30.3 Å². The van der Waals surface area contributed by atoms with Gasteiger partial charge in [0.15, 0.2) is 6.29 Å².